The first kappa shape index (κ1) is 17.1. The molecule has 1 aromatic rings. The Morgan fingerprint density at radius 1 is 1.50 bits per heavy atom. The van der Waals surface area contributed by atoms with Crippen LogP contribution in [0.5, 0.6) is 0 Å². The Hall–Kier alpha value is -1.26. The van der Waals surface area contributed by atoms with Gasteiger partial charge in [-0.05, 0) is 15.9 Å². The number of carbonyl (C=O) groups excluding carboxylic acids is 1. The van der Waals surface area contributed by atoms with Gasteiger partial charge in [-0.15, -0.1) is 0 Å². The lowest BCUT2D eigenvalue weighted by Crippen LogP contribution is -2.26. The maximum Gasteiger partial charge on any atom is 0.273 e. The zero-order valence-electron chi connectivity index (χ0n) is 10.8. The molecule has 7 nitrogen and oxygen atoms in total. The van der Waals surface area contributed by atoms with Crippen molar-refractivity contribution in [2.24, 2.45) is 5.92 Å². The molecule has 1 unspecified atom stereocenters. The Balaban J connectivity index is 2.33. The topological polar surface area (TPSA) is 97.6 Å². The van der Waals surface area contributed by atoms with Crippen molar-refractivity contribution < 1.29 is 22.5 Å². The summed E-state index contributed by atoms with van der Waals surface area (Å²) in [5, 5.41) is 10.7. The maximum atomic E-state index is 14.1. The molecular formula is C11H9BrClFN2O5S. The van der Waals surface area contributed by atoms with E-state index in [0.717, 1.165) is 11.0 Å². The predicted octanol–water partition coefficient (Wildman–Crippen LogP) is 2.42. The lowest BCUT2D eigenvalue weighted by atomic mass is 10.1. The van der Waals surface area contributed by atoms with Crippen molar-refractivity contribution >= 4 is 52.9 Å². The Labute approximate surface area is 137 Å². The van der Waals surface area contributed by atoms with E-state index in [1.54, 1.807) is 0 Å². The molecule has 120 valence electrons. The molecular weight excluding hydrogens is 407 g/mol. The predicted molar refractivity (Wildman–Crippen MR) is 80.9 cm³/mol. The van der Waals surface area contributed by atoms with Crippen molar-refractivity contribution in [1.82, 2.24) is 0 Å². The van der Waals surface area contributed by atoms with Gasteiger partial charge in [-0.25, -0.2) is 12.8 Å². The lowest BCUT2D eigenvalue weighted by Gasteiger charge is -2.18. The molecule has 1 aliphatic rings. The van der Waals surface area contributed by atoms with Crippen LogP contribution in [-0.4, -0.2) is 31.5 Å². The molecule has 0 aliphatic carbocycles. The van der Waals surface area contributed by atoms with E-state index in [4.69, 9.17) is 10.7 Å². The monoisotopic (exact) mass is 414 g/mol. The summed E-state index contributed by atoms with van der Waals surface area (Å²) < 4.78 is 36.3. The number of hydrogen-bond donors (Lipinski definition) is 0. The number of nitro groups is 1. The number of carbonyl (C=O) groups is 1. The van der Waals surface area contributed by atoms with Crippen LogP contribution in [-0.2, 0) is 13.8 Å². The van der Waals surface area contributed by atoms with E-state index < -0.39 is 43.1 Å². The van der Waals surface area contributed by atoms with Gasteiger partial charge in [0.2, 0.25) is 15.0 Å². The first-order valence-corrected chi connectivity index (χ1v) is 9.22. The molecule has 1 heterocycles. The third-order valence-corrected chi connectivity index (χ3v) is 4.97. The fourth-order valence-corrected chi connectivity index (χ4v) is 4.27. The van der Waals surface area contributed by atoms with Crippen LogP contribution in [0.1, 0.15) is 6.42 Å². The minimum absolute atomic E-state index is 0.0296. The van der Waals surface area contributed by atoms with E-state index in [-0.39, 0.29) is 23.1 Å². The van der Waals surface area contributed by atoms with Gasteiger partial charge in [0.15, 0.2) is 5.82 Å². The van der Waals surface area contributed by atoms with E-state index in [0.29, 0.717) is 6.07 Å². The Bertz CT molecular complexity index is 734. The molecule has 0 saturated carbocycles. The zero-order chi connectivity index (χ0) is 16.7. The first-order valence-electron chi connectivity index (χ1n) is 5.94. The highest BCUT2D eigenvalue weighted by molar-refractivity contribution is 9.10. The van der Waals surface area contributed by atoms with Crippen LogP contribution >= 0.6 is 26.6 Å². The third kappa shape index (κ3) is 3.73. The lowest BCUT2D eigenvalue weighted by molar-refractivity contribution is -0.385. The minimum Gasteiger partial charge on any atom is -0.308 e. The highest BCUT2D eigenvalue weighted by Crippen LogP contribution is 2.37. The summed E-state index contributed by atoms with van der Waals surface area (Å²) in [7, 11) is 1.38. The van der Waals surface area contributed by atoms with Crippen LogP contribution in [0.25, 0.3) is 0 Å². The van der Waals surface area contributed by atoms with Crippen LogP contribution in [0.4, 0.5) is 15.8 Å². The van der Waals surface area contributed by atoms with Crippen molar-refractivity contribution in [2.75, 3.05) is 17.2 Å². The average molecular weight is 416 g/mol. The second-order valence-electron chi connectivity index (χ2n) is 4.80. The van der Waals surface area contributed by atoms with Crippen molar-refractivity contribution in [1.29, 1.82) is 0 Å². The highest BCUT2D eigenvalue weighted by Gasteiger charge is 2.35. The van der Waals surface area contributed by atoms with Crippen LogP contribution in [0.15, 0.2) is 16.6 Å². The Morgan fingerprint density at radius 2 is 2.14 bits per heavy atom. The SMILES string of the molecule is O=C1CC(CS(=O)(=O)Cl)CN1c1c(F)cc([N+](=O)[O-])cc1Br. The molecule has 0 bridgehead atoms. The molecule has 0 spiro atoms. The standard InChI is InChI=1S/C11H9BrClFN2O5S/c12-8-2-7(16(18)19)3-9(14)11(8)15-4-6(1-10(15)17)5-22(13,20)21/h2-3,6H,1,4-5H2. The molecule has 1 aliphatic heterocycles. The number of halogens is 3. The largest absolute Gasteiger partial charge is 0.308 e. The van der Waals surface area contributed by atoms with E-state index in [2.05, 4.69) is 15.9 Å². The normalized spacial score (nSPS) is 18.8. The van der Waals surface area contributed by atoms with Crippen LogP contribution in [0.2, 0.25) is 0 Å². The number of hydrogen-bond acceptors (Lipinski definition) is 5. The van der Waals surface area contributed by atoms with Gasteiger partial charge in [0.05, 0.1) is 26.9 Å². The summed E-state index contributed by atoms with van der Waals surface area (Å²) in [4.78, 5) is 22.9. The molecule has 1 aromatic carbocycles. The minimum atomic E-state index is -3.78. The van der Waals surface area contributed by atoms with Crippen molar-refractivity contribution in [3.05, 3.63) is 32.5 Å². The molecule has 1 saturated heterocycles. The maximum absolute atomic E-state index is 14.1. The van der Waals surface area contributed by atoms with Gasteiger partial charge in [-0.2, -0.15) is 0 Å². The van der Waals surface area contributed by atoms with E-state index in [1.807, 2.05) is 0 Å². The van der Waals surface area contributed by atoms with Crippen LogP contribution in [0.3, 0.4) is 0 Å². The summed E-state index contributed by atoms with van der Waals surface area (Å²) in [5.74, 6) is -2.37. The number of non-ortho nitro benzene ring substituents is 1. The second kappa shape index (κ2) is 6.09. The first-order chi connectivity index (χ1) is 10.1. The van der Waals surface area contributed by atoms with Crippen LogP contribution < -0.4 is 4.90 Å². The smallest absolute Gasteiger partial charge is 0.273 e. The summed E-state index contributed by atoms with van der Waals surface area (Å²) >= 11 is 3.00. The van der Waals surface area contributed by atoms with E-state index in [9.17, 15) is 27.7 Å². The second-order valence-corrected chi connectivity index (χ2v) is 8.47. The van der Waals surface area contributed by atoms with Gasteiger partial charge in [0.25, 0.3) is 5.69 Å². The summed E-state index contributed by atoms with van der Waals surface area (Å²) in [5.41, 5.74) is -0.607. The Morgan fingerprint density at radius 3 is 2.64 bits per heavy atom. The van der Waals surface area contributed by atoms with Crippen LogP contribution in [0, 0.1) is 21.8 Å². The molecule has 1 atom stereocenters. The number of nitrogens with zero attached hydrogens (tertiary/aromatic N) is 2. The van der Waals surface area contributed by atoms with Gasteiger partial charge in [-0.1, -0.05) is 0 Å². The summed E-state index contributed by atoms with van der Waals surface area (Å²) in [6, 6.07) is 1.79. The molecule has 0 N–H and O–H groups in total. The van der Waals surface area contributed by atoms with Crippen molar-refractivity contribution in [2.45, 2.75) is 6.42 Å². The highest BCUT2D eigenvalue weighted by atomic mass is 79.9. The zero-order valence-corrected chi connectivity index (χ0v) is 14.0. The number of amides is 1. The molecule has 1 amide bonds. The van der Waals surface area contributed by atoms with E-state index >= 15 is 0 Å². The van der Waals surface area contributed by atoms with Gasteiger partial charge < -0.3 is 4.90 Å². The number of anilines is 1. The average Bonchev–Trinajstić information content (AvgIpc) is 2.66. The number of rotatable bonds is 4. The fraction of sp³-hybridized carbons (Fsp3) is 0.364. The molecule has 2 rings (SSSR count). The fourth-order valence-electron chi connectivity index (χ4n) is 2.31. The molecule has 22 heavy (non-hydrogen) atoms. The Kier molecular flexibility index (Phi) is 4.73. The van der Waals surface area contributed by atoms with Crippen molar-refractivity contribution in [3.8, 4) is 0 Å². The van der Waals surface area contributed by atoms with E-state index in [1.165, 1.54) is 0 Å². The van der Waals surface area contributed by atoms with Gasteiger partial charge in [-0.3, -0.25) is 14.9 Å². The van der Waals surface area contributed by atoms with Gasteiger partial charge >= 0.3 is 0 Å². The molecule has 0 radical (unpaired) electrons. The molecule has 0 aromatic heterocycles. The summed E-state index contributed by atoms with van der Waals surface area (Å²) in [6.07, 6.45) is -0.0885. The van der Waals surface area contributed by atoms with Gasteiger partial charge in [0, 0.05) is 35.6 Å². The van der Waals surface area contributed by atoms with Crippen molar-refractivity contribution in [3.63, 3.8) is 0 Å². The molecule has 11 heteroatoms. The third-order valence-electron chi connectivity index (χ3n) is 3.12. The molecule has 1 fully saturated rings. The number of benzene rings is 1. The summed E-state index contributed by atoms with van der Waals surface area (Å²) in [6.45, 7) is -0.0296. The quantitative estimate of drug-likeness (QED) is 0.427. The van der Waals surface area contributed by atoms with Gasteiger partial charge in [0.1, 0.15) is 0 Å². The number of nitro benzene ring substituents is 1.